The highest BCUT2D eigenvalue weighted by Gasteiger charge is 2.15. The number of benzene rings is 2. The lowest BCUT2D eigenvalue weighted by Crippen LogP contribution is -2.22. The van der Waals surface area contributed by atoms with Gasteiger partial charge in [0.2, 0.25) is 11.0 Å². The predicted molar refractivity (Wildman–Crippen MR) is 106 cm³/mol. The van der Waals surface area contributed by atoms with Crippen molar-refractivity contribution in [2.45, 2.75) is 13.8 Å². The molecule has 0 radical (unpaired) electrons. The molecule has 0 aliphatic heterocycles. The van der Waals surface area contributed by atoms with Gasteiger partial charge in [0.15, 0.2) is 0 Å². The number of hydrogen-bond acceptors (Lipinski definition) is 5. The minimum Gasteiger partial charge on any atom is -0.497 e. The smallest absolute Gasteiger partial charge is 0.246 e. The first-order valence-electron chi connectivity index (χ1n) is 8.08. The maximum atomic E-state index is 12.0. The topological polar surface area (TPSA) is 54.8 Å². The van der Waals surface area contributed by atoms with E-state index in [-0.39, 0.29) is 5.91 Å². The van der Waals surface area contributed by atoms with E-state index < -0.39 is 0 Å². The number of aryl methyl sites for hydroxylation is 1. The van der Waals surface area contributed by atoms with Crippen molar-refractivity contribution in [2.24, 2.45) is 5.10 Å². The molecule has 0 unspecified atom stereocenters. The SMILES string of the molecule is COc1ccc(/C=N\N(C(C)=O)c2nc(-c3ccc(C)cc3)cs2)cc1. The number of hydrogen-bond donors (Lipinski definition) is 0. The van der Waals surface area contributed by atoms with Crippen LogP contribution in [0.4, 0.5) is 5.13 Å². The molecule has 0 fully saturated rings. The molecule has 132 valence electrons. The van der Waals surface area contributed by atoms with Crippen LogP contribution in [0.5, 0.6) is 5.75 Å². The molecule has 0 aliphatic carbocycles. The van der Waals surface area contributed by atoms with Crippen molar-refractivity contribution in [3.05, 3.63) is 65.0 Å². The first-order valence-corrected chi connectivity index (χ1v) is 8.96. The number of hydrazone groups is 1. The van der Waals surface area contributed by atoms with E-state index in [2.05, 4.69) is 10.1 Å². The Hall–Kier alpha value is -2.99. The number of carbonyl (C=O) groups excluding carboxylic acids is 1. The van der Waals surface area contributed by atoms with Crippen molar-refractivity contribution in [1.82, 2.24) is 4.98 Å². The van der Waals surface area contributed by atoms with Gasteiger partial charge in [-0.05, 0) is 36.8 Å². The first-order chi connectivity index (χ1) is 12.6. The Morgan fingerprint density at radius 3 is 2.46 bits per heavy atom. The van der Waals surface area contributed by atoms with Gasteiger partial charge < -0.3 is 4.74 Å². The molecule has 0 aliphatic rings. The molecule has 3 aromatic rings. The Kier molecular flexibility index (Phi) is 5.43. The lowest BCUT2D eigenvalue weighted by molar-refractivity contribution is -0.116. The summed E-state index contributed by atoms with van der Waals surface area (Å²) >= 11 is 1.39. The molecule has 0 saturated heterocycles. The summed E-state index contributed by atoms with van der Waals surface area (Å²) in [5, 5.41) is 8.09. The summed E-state index contributed by atoms with van der Waals surface area (Å²) in [6.07, 6.45) is 1.63. The van der Waals surface area contributed by atoms with Crippen molar-refractivity contribution < 1.29 is 9.53 Å². The number of rotatable bonds is 5. The van der Waals surface area contributed by atoms with E-state index in [1.807, 2.05) is 60.8 Å². The molecular weight excluding hydrogens is 346 g/mol. The Balaban J connectivity index is 1.82. The minimum atomic E-state index is -0.195. The number of ether oxygens (including phenoxy) is 1. The van der Waals surface area contributed by atoms with Crippen LogP contribution in [0.1, 0.15) is 18.1 Å². The highest BCUT2D eigenvalue weighted by atomic mass is 32.1. The van der Waals surface area contributed by atoms with Gasteiger partial charge in [0.05, 0.1) is 19.0 Å². The largest absolute Gasteiger partial charge is 0.497 e. The second kappa shape index (κ2) is 7.93. The standard InChI is InChI=1S/C20H19N3O2S/c1-14-4-8-17(9-5-14)19-13-26-20(22-19)23(15(2)24)21-12-16-6-10-18(25-3)11-7-16/h4-13H,1-3H3/b21-12-. The van der Waals surface area contributed by atoms with Crippen molar-refractivity contribution in [3.8, 4) is 17.0 Å². The molecule has 2 aromatic carbocycles. The van der Waals surface area contributed by atoms with Crippen LogP contribution < -0.4 is 9.75 Å². The molecule has 1 amide bonds. The Bertz CT molecular complexity index is 915. The summed E-state index contributed by atoms with van der Waals surface area (Å²) < 4.78 is 5.14. The molecule has 1 aromatic heterocycles. The van der Waals surface area contributed by atoms with Gasteiger partial charge >= 0.3 is 0 Å². The third kappa shape index (κ3) is 4.15. The molecule has 5 nitrogen and oxygen atoms in total. The fourth-order valence-electron chi connectivity index (χ4n) is 2.30. The lowest BCUT2D eigenvalue weighted by atomic mass is 10.1. The van der Waals surface area contributed by atoms with Crippen LogP contribution in [-0.2, 0) is 4.79 Å². The Morgan fingerprint density at radius 2 is 1.85 bits per heavy atom. The molecule has 0 spiro atoms. The first kappa shape index (κ1) is 17.8. The lowest BCUT2D eigenvalue weighted by Gasteiger charge is -2.10. The average Bonchev–Trinajstić information content (AvgIpc) is 3.12. The summed E-state index contributed by atoms with van der Waals surface area (Å²) in [5.41, 5.74) is 3.91. The number of carbonyl (C=O) groups is 1. The zero-order chi connectivity index (χ0) is 18.5. The predicted octanol–water partition coefficient (Wildman–Crippen LogP) is 4.51. The Labute approximate surface area is 156 Å². The number of amides is 1. The van der Waals surface area contributed by atoms with Gasteiger partial charge in [0, 0.05) is 17.9 Å². The second-order valence-electron chi connectivity index (χ2n) is 5.73. The van der Waals surface area contributed by atoms with E-state index in [0.29, 0.717) is 5.13 Å². The van der Waals surface area contributed by atoms with Crippen LogP contribution in [0.25, 0.3) is 11.3 Å². The fourth-order valence-corrected chi connectivity index (χ4v) is 3.13. The van der Waals surface area contributed by atoms with Crippen LogP contribution in [0, 0.1) is 6.92 Å². The summed E-state index contributed by atoms with van der Waals surface area (Å²) in [4.78, 5) is 16.6. The molecule has 26 heavy (non-hydrogen) atoms. The van der Waals surface area contributed by atoms with E-state index >= 15 is 0 Å². The number of thiazole rings is 1. The number of aromatic nitrogens is 1. The van der Waals surface area contributed by atoms with E-state index in [9.17, 15) is 4.79 Å². The molecular formula is C20H19N3O2S. The van der Waals surface area contributed by atoms with Crippen LogP contribution in [-0.4, -0.2) is 24.2 Å². The van der Waals surface area contributed by atoms with Crippen LogP contribution >= 0.6 is 11.3 Å². The Morgan fingerprint density at radius 1 is 1.15 bits per heavy atom. The van der Waals surface area contributed by atoms with Gasteiger partial charge in [0.1, 0.15) is 5.75 Å². The van der Waals surface area contributed by atoms with E-state index in [0.717, 1.165) is 22.6 Å². The number of methoxy groups -OCH3 is 1. The van der Waals surface area contributed by atoms with Crippen LogP contribution in [0.3, 0.4) is 0 Å². The van der Waals surface area contributed by atoms with Crippen molar-refractivity contribution >= 4 is 28.6 Å². The van der Waals surface area contributed by atoms with Gasteiger partial charge in [-0.15, -0.1) is 11.3 Å². The van der Waals surface area contributed by atoms with Gasteiger partial charge in [-0.3, -0.25) is 4.79 Å². The molecule has 1 heterocycles. The van der Waals surface area contributed by atoms with Crippen molar-refractivity contribution in [1.29, 1.82) is 0 Å². The van der Waals surface area contributed by atoms with E-state index in [1.54, 1.807) is 13.3 Å². The van der Waals surface area contributed by atoms with Crippen LogP contribution in [0.15, 0.2) is 59.0 Å². The average molecular weight is 365 g/mol. The number of anilines is 1. The van der Waals surface area contributed by atoms with Crippen molar-refractivity contribution in [2.75, 3.05) is 12.1 Å². The molecule has 0 N–H and O–H groups in total. The van der Waals surface area contributed by atoms with Gasteiger partial charge in [-0.1, -0.05) is 29.8 Å². The third-order valence-electron chi connectivity index (χ3n) is 3.76. The molecule has 6 heteroatoms. The van der Waals surface area contributed by atoms with E-state index in [1.165, 1.54) is 28.8 Å². The number of nitrogens with zero attached hydrogens (tertiary/aromatic N) is 3. The molecule has 0 atom stereocenters. The molecule has 3 rings (SSSR count). The van der Waals surface area contributed by atoms with Gasteiger partial charge in [0.25, 0.3) is 0 Å². The van der Waals surface area contributed by atoms with E-state index in [4.69, 9.17) is 4.74 Å². The summed E-state index contributed by atoms with van der Waals surface area (Å²) in [6.45, 7) is 3.51. The van der Waals surface area contributed by atoms with Gasteiger partial charge in [-0.2, -0.15) is 10.1 Å². The third-order valence-corrected chi connectivity index (χ3v) is 4.57. The van der Waals surface area contributed by atoms with Gasteiger partial charge in [-0.25, -0.2) is 4.98 Å². The highest BCUT2D eigenvalue weighted by Crippen LogP contribution is 2.28. The minimum absolute atomic E-state index is 0.195. The maximum absolute atomic E-state index is 12.0. The molecule has 0 bridgehead atoms. The molecule has 0 saturated carbocycles. The quantitative estimate of drug-likeness (QED) is 0.494. The van der Waals surface area contributed by atoms with Crippen molar-refractivity contribution in [3.63, 3.8) is 0 Å². The summed E-state index contributed by atoms with van der Waals surface area (Å²) in [6, 6.07) is 15.6. The summed E-state index contributed by atoms with van der Waals surface area (Å²) in [5.74, 6) is 0.577. The zero-order valence-electron chi connectivity index (χ0n) is 14.8. The normalized spacial score (nSPS) is 10.9. The maximum Gasteiger partial charge on any atom is 0.246 e. The second-order valence-corrected chi connectivity index (χ2v) is 6.57. The van der Waals surface area contributed by atoms with Crippen LogP contribution in [0.2, 0.25) is 0 Å². The zero-order valence-corrected chi connectivity index (χ0v) is 15.7. The monoisotopic (exact) mass is 365 g/mol. The highest BCUT2D eigenvalue weighted by molar-refractivity contribution is 7.14. The fraction of sp³-hybridized carbons (Fsp3) is 0.150. The summed E-state index contributed by atoms with van der Waals surface area (Å²) in [7, 11) is 1.62.